The minimum absolute atomic E-state index is 0.00279. The molecule has 1 fully saturated rings. The lowest BCUT2D eigenvalue weighted by Gasteiger charge is -2.19. The van der Waals surface area contributed by atoms with E-state index in [4.69, 9.17) is 4.74 Å². The van der Waals surface area contributed by atoms with Crippen molar-refractivity contribution in [2.75, 3.05) is 26.5 Å². The topological polar surface area (TPSA) is 92.8 Å². The number of nitrogens with one attached hydrogen (secondary N) is 1. The number of nitrogens with zero attached hydrogens (tertiary/aromatic N) is 1. The first-order valence-electron chi connectivity index (χ1n) is 7.26. The van der Waals surface area contributed by atoms with E-state index in [-0.39, 0.29) is 29.8 Å². The Morgan fingerprint density at radius 3 is 2.43 bits per heavy atom. The van der Waals surface area contributed by atoms with E-state index in [0.29, 0.717) is 0 Å². The van der Waals surface area contributed by atoms with Crippen LogP contribution in [0.3, 0.4) is 0 Å². The minimum atomic E-state index is -3.77. The van der Waals surface area contributed by atoms with Crippen molar-refractivity contribution in [1.82, 2.24) is 9.03 Å². The van der Waals surface area contributed by atoms with Gasteiger partial charge in [-0.2, -0.15) is 4.31 Å². The van der Waals surface area contributed by atoms with E-state index < -0.39 is 20.0 Å². The van der Waals surface area contributed by atoms with Crippen molar-refractivity contribution >= 4 is 20.0 Å². The molecular weight excluding hydrogens is 340 g/mol. The SMILES string of the molecule is COc1ccc(C)cc1S(=O)(=O)NCCN(C1CC1)S(C)(=O)=O. The van der Waals surface area contributed by atoms with Crippen molar-refractivity contribution < 1.29 is 21.6 Å². The van der Waals surface area contributed by atoms with Crippen LogP contribution in [0.1, 0.15) is 18.4 Å². The Morgan fingerprint density at radius 2 is 1.91 bits per heavy atom. The lowest BCUT2D eigenvalue weighted by molar-refractivity contribution is 0.400. The monoisotopic (exact) mass is 362 g/mol. The van der Waals surface area contributed by atoms with Gasteiger partial charge in [0.2, 0.25) is 20.0 Å². The summed E-state index contributed by atoms with van der Waals surface area (Å²) in [5.74, 6) is 0.255. The zero-order valence-electron chi connectivity index (χ0n) is 13.4. The Hall–Kier alpha value is -1.16. The van der Waals surface area contributed by atoms with Crippen molar-refractivity contribution in [3.05, 3.63) is 23.8 Å². The predicted molar refractivity (Wildman–Crippen MR) is 87.5 cm³/mol. The van der Waals surface area contributed by atoms with Crippen molar-refractivity contribution in [2.45, 2.75) is 30.7 Å². The van der Waals surface area contributed by atoms with Crippen LogP contribution in [0.25, 0.3) is 0 Å². The number of ether oxygens (including phenoxy) is 1. The van der Waals surface area contributed by atoms with Gasteiger partial charge in [0.05, 0.1) is 13.4 Å². The maximum absolute atomic E-state index is 12.4. The molecule has 0 bridgehead atoms. The minimum Gasteiger partial charge on any atom is -0.495 e. The molecule has 9 heteroatoms. The number of methoxy groups -OCH3 is 1. The van der Waals surface area contributed by atoms with Crippen LogP contribution in [0, 0.1) is 6.92 Å². The molecule has 1 aliphatic carbocycles. The Morgan fingerprint density at radius 1 is 1.26 bits per heavy atom. The first kappa shape index (κ1) is 18.2. The van der Waals surface area contributed by atoms with E-state index in [2.05, 4.69) is 4.72 Å². The highest BCUT2D eigenvalue weighted by Crippen LogP contribution is 2.28. The second-order valence-electron chi connectivity index (χ2n) is 5.66. The summed E-state index contributed by atoms with van der Waals surface area (Å²) < 4.78 is 57.2. The van der Waals surface area contributed by atoms with Crippen molar-refractivity contribution in [3.8, 4) is 5.75 Å². The van der Waals surface area contributed by atoms with Gasteiger partial charge in [-0.25, -0.2) is 21.6 Å². The van der Waals surface area contributed by atoms with Crippen LogP contribution in [0.4, 0.5) is 0 Å². The summed E-state index contributed by atoms with van der Waals surface area (Å²) in [5.41, 5.74) is 0.793. The van der Waals surface area contributed by atoms with E-state index in [0.717, 1.165) is 24.7 Å². The Bertz CT molecular complexity index is 770. The first-order valence-corrected chi connectivity index (χ1v) is 10.6. The van der Waals surface area contributed by atoms with Crippen molar-refractivity contribution in [2.24, 2.45) is 0 Å². The highest BCUT2D eigenvalue weighted by atomic mass is 32.2. The second kappa shape index (κ2) is 6.76. The zero-order chi connectivity index (χ0) is 17.3. The number of aryl methyl sites for hydroxylation is 1. The number of benzene rings is 1. The average molecular weight is 362 g/mol. The molecule has 1 N–H and O–H groups in total. The van der Waals surface area contributed by atoms with E-state index >= 15 is 0 Å². The predicted octanol–water partition coefficient (Wildman–Crippen LogP) is 0.706. The molecule has 1 aromatic rings. The molecule has 0 unspecified atom stereocenters. The maximum Gasteiger partial charge on any atom is 0.244 e. The highest BCUT2D eigenvalue weighted by molar-refractivity contribution is 7.89. The summed E-state index contributed by atoms with van der Waals surface area (Å²) in [6, 6.07) is 4.88. The zero-order valence-corrected chi connectivity index (χ0v) is 15.1. The molecular formula is C14H22N2O5S2. The van der Waals surface area contributed by atoms with Crippen LogP contribution in [-0.2, 0) is 20.0 Å². The standard InChI is InChI=1S/C14H22N2O5S2/c1-11-4-7-13(21-2)14(10-11)23(19,20)15-8-9-16(12-5-6-12)22(3,17)18/h4,7,10,12,15H,5-6,8-9H2,1-3H3. The molecule has 1 saturated carbocycles. The Balaban J connectivity index is 2.09. The summed E-state index contributed by atoms with van der Waals surface area (Å²) in [6.07, 6.45) is 2.79. The third-order valence-corrected chi connectivity index (χ3v) is 6.43. The molecule has 0 aliphatic heterocycles. The Labute approximate surface area is 137 Å². The number of rotatable bonds is 8. The van der Waals surface area contributed by atoms with Crippen molar-refractivity contribution in [3.63, 3.8) is 0 Å². The van der Waals surface area contributed by atoms with Gasteiger partial charge in [-0.3, -0.25) is 0 Å². The number of hydrogen-bond donors (Lipinski definition) is 1. The van der Waals surface area contributed by atoms with Crippen LogP contribution in [0.5, 0.6) is 5.75 Å². The summed E-state index contributed by atoms with van der Waals surface area (Å²) in [6.45, 7) is 1.93. The maximum atomic E-state index is 12.4. The second-order valence-corrected chi connectivity index (χ2v) is 9.33. The molecule has 0 saturated heterocycles. The van der Waals surface area contributed by atoms with Crippen LogP contribution in [-0.4, -0.2) is 53.6 Å². The summed E-state index contributed by atoms with van der Waals surface area (Å²) in [5, 5.41) is 0. The molecule has 2 rings (SSSR count). The van der Waals surface area contributed by atoms with Gasteiger partial charge in [0.1, 0.15) is 10.6 Å². The van der Waals surface area contributed by atoms with E-state index in [9.17, 15) is 16.8 Å². The fourth-order valence-corrected chi connectivity index (χ4v) is 4.79. The molecule has 7 nitrogen and oxygen atoms in total. The molecule has 0 spiro atoms. The summed E-state index contributed by atoms with van der Waals surface area (Å²) in [7, 11) is -5.69. The Kier molecular flexibility index (Phi) is 5.34. The van der Waals surface area contributed by atoms with Crippen LogP contribution in [0.2, 0.25) is 0 Å². The summed E-state index contributed by atoms with van der Waals surface area (Å²) >= 11 is 0. The van der Waals surface area contributed by atoms with Gasteiger partial charge in [-0.05, 0) is 37.5 Å². The lowest BCUT2D eigenvalue weighted by Crippen LogP contribution is -2.39. The van der Waals surface area contributed by atoms with Gasteiger partial charge in [0.25, 0.3) is 0 Å². The average Bonchev–Trinajstić information content (AvgIpc) is 3.26. The summed E-state index contributed by atoms with van der Waals surface area (Å²) in [4.78, 5) is 0.0531. The molecule has 1 aliphatic rings. The first-order chi connectivity index (χ1) is 10.6. The number of hydrogen-bond acceptors (Lipinski definition) is 5. The van der Waals surface area contributed by atoms with Gasteiger partial charge in [-0.1, -0.05) is 6.07 Å². The molecule has 0 aromatic heterocycles. The molecule has 0 atom stereocenters. The third-order valence-electron chi connectivity index (χ3n) is 3.61. The third kappa shape index (κ3) is 4.66. The molecule has 130 valence electrons. The largest absolute Gasteiger partial charge is 0.495 e. The van der Waals surface area contributed by atoms with Crippen LogP contribution < -0.4 is 9.46 Å². The van der Waals surface area contributed by atoms with Crippen LogP contribution in [0.15, 0.2) is 23.1 Å². The van der Waals surface area contributed by atoms with Gasteiger partial charge >= 0.3 is 0 Å². The smallest absolute Gasteiger partial charge is 0.244 e. The van der Waals surface area contributed by atoms with Gasteiger partial charge in [0, 0.05) is 19.1 Å². The lowest BCUT2D eigenvalue weighted by atomic mass is 10.2. The molecule has 23 heavy (non-hydrogen) atoms. The van der Waals surface area contributed by atoms with Gasteiger partial charge in [-0.15, -0.1) is 0 Å². The van der Waals surface area contributed by atoms with E-state index in [1.165, 1.54) is 17.5 Å². The van der Waals surface area contributed by atoms with Crippen molar-refractivity contribution in [1.29, 1.82) is 0 Å². The van der Waals surface area contributed by atoms with E-state index in [1.54, 1.807) is 19.1 Å². The highest BCUT2D eigenvalue weighted by Gasteiger charge is 2.34. The molecule has 0 heterocycles. The van der Waals surface area contributed by atoms with E-state index in [1.807, 2.05) is 0 Å². The van der Waals surface area contributed by atoms with Crippen LogP contribution >= 0.6 is 0 Å². The quantitative estimate of drug-likeness (QED) is 0.735. The molecule has 1 aromatic carbocycles. The normalized spacial score (nSPS) is 15.8. The number of sulfonamides is 2. The van der Waals surface area contributed by atoms with Gasteiger partial charge in [0.15, 0.2) is 0 Å². The fraction of sp³-hybridized carbons (Fsp3) is 0.571. The molecule has 0 radical (unpaired) electrons. The van der Waals surface area contributed by atoms with Gasteiger partial charge < -0.3 is 4.74 Å². The fourth-order valence-electron chi connectivity index (χ4n) is 2.34. The molecule has 0 amide bonds.